The number of amides is 3. The Balaban J connectivity index is 1.46. The molecule has 0 unspecified atom stereocenters. The first-order chi connectivity index (χ1) is 23.9. The summed E-state index contributed by atoms with van der Waals surface area (Å²) in [6.07, 6.45) is 8.76. The van der Waals surface area contributed by atoms with E-state index in [4.69, 9.17) is 4.74 Å². The number of nitrogens with zero attached hydrogens (tertiary/aromatic N) is 5. The Morgan fingerprint density at radius 1 is 1.08 bits per heavy atom. The van der Waals surface area contributed by atoms with E-state index in [9.17, 15) is 24.3 Å². The van der Waals surface area contributed by atoms with E-state index in [0.29, 0.717) is 31.5 Å². The normalized spacial score (nSPS) is 24.0. The van der Waals surface area contributed by atoms with Crippen LogP contribution < -0.4 is 10.6 Å². The van der Waals surface area contributed by atoms with Crippen molar-refractivity contribution < 1.29 is 29.0 Å². The number of carbonyl (C=O) groups is 4. The molecular formula is C37H45N7O6. The van der Waals surface area contributed by atoms with Crippen LogP contribution in [-0.4, -0.2) is 83.9 Å². The topological polar surface area (TPSA) is 169 Å². The Hall–Kier alpha value is -5.33. The molecule has 1 aromatic heterocycles. The maximum atomic E-state index is 14.2. The molecule has 13 heteroatoms. The first-order valence-corrected chi connectivity index (χ1v) is 17.0. The van der Waals surface area contributed by atoms with Crippen LogP contribution in [0.3, 0.4) is 0 Å². The van der Waals surface area contributed by atoms with Gasteiger partial charge in [-0.2, -0.15) is 4.80 Å². The van der Waals surface area contributed by atoms with Gasteiger partial charge < -0.3 is 25.4 Å². The highest BCUT2D eigenvalue weighted by Crippen LogP contribution is 2.31. The number of tetrazole rings is 1. The fourth-order valence-corrected chi connectivity index (χ4v) is 6.19. The first kappa shape index (κ1) is 36.0. The molecule has 264 valence electrons. The molecule has 0 aliphatic carbocycles. The van der Waals surface area contributed by atoms with Gasteiger partial charge in [-0.05, 0) is 62.8 Å². The number of hydrogen-bond donors (Lipinski definition) is 3. The van der Waals surface area contributed by atoms with Crippen LogP contribution in [0.2, 0.25) is 0 Å². The predicted octanol–water partition coefficient (Wildman–Crippen LogP) is 5.03. The summed E-state index contributed by atoms with van der Waals surface area (Å²) in [6, 6.07) is 15.0. The lowest BCUT2D eigenvalue weighted by molar-refractivity contribution is -0.147. The van der Waals surface area contributed by atoms with Crippen molar-refractivity contribution in [2.24, 2.45) is 0 Å². The number of fused-ring (bicyclic) bond motifs is 1. The zero-order valence-electron chi connectivity index (χ0n) is 28.9. The summed E-state index contributed by atoms with van der Waals surface area (Å²) in [5.74, 6) is -1.92. The molecule has 0 spiro atoms. The molecule has 2 aliphatic heterocycles. The highest BCUT2D eigenvalue weighted by molar-refractivity contribution is 5.95. The second-order valence-corrected chi connectivity index (χ2v) is 13.7. The summed E-state index contributed by atoms with van der Waals surface area (Å²) in [4.78, 5) is 56.4. The summed E-state index contributed by atoms with van der Waals surface area (Å²) in [7, 11) is 0. The van der Waals surface area contributed by atoms with Crippen molar-refractivity contribution in [3.05, 3.63) is 77.9 Å². The van der Waals surface area contributed by atoms with Gasteiger partial charge in [0.05, 0.1) is 6.04 Å². The van der Waals surface area contributed by atoms with Crippen molar-refractivity contribution >= 4 is 36.0 Å². The molecule has 3 amide bonds. The van der Waals surface area contributed by atoms with Gasteiger partial charge in [-0.15, -0.1) is 10.2 Å². The van der Waals surface area contributed by atoms with Crippen LogP contribution in [-0.2, 0) is 19.1 Å². The van der Waals surface area contributed by atoms with Crippen LogP contribution in [0.1, 0.15) is 83.4 Å². The molecule has 0 bridgehead atoms. The van der Waals surface area contributed by atoms with Crippen molar-refractivity contribution in [2.75, 3.05) is 6.54 Å². The van der Waals surface area contributed by atoms with Crippen LogP contribution >= 0.6 is 0 Å². The SMILES string of the molecule is CC[C@]1(C(=O)O)/C=C\CCCC[C@H](NC(=O)OC(C)(C)C)C(=O)N2C[C@H](n3nnc(-c4ccccc4/C=C/c4ccccc4)n3)C[C@H]2C(=O)N1. The van der Waals surface area contributed by atoms with Crippen molar-refractivity contribution in [3.63, 3.8) is 0 Å². The smallest absolute Gasteiger partial charge is 0.408 e. The zero-order chi connectivity index (χ0) is 35.9. The predicted molar refractivity (Wildman–Crippen MR) is 187 cm³/mol. The number of benzene rings is 2. The van der Waals surface area contributed by atoms with Gasteiger partial charge in [-0.3, -0.25) is 9.59 Å². The van der Waals surface area contributed by atoms with Gasteiger partial charge in [0, 0.05) is 18.5 Å². The summed E-state index contributed by atoms with van der Waals surface area (Å²) >= 11 is 0. The van der Waals surface area contributed by atoms with Gasteiger partial charge in [0.1, 0.15) is 17.7 Å². The van der Waals surface area contributed by atoms with Crippen LogP contribution in [0, 0.1) is 0 Å². The maximum absolute atomic E-state index is 14.2. The molecule has 0 radical (unpaired) electrons. The second kappa shape index (κ2) is 15.5. The summed E-state index contributed by atoms with van der Waals surface area (Å²) in [5.41, 5.74) is 0.237. The van der Waals surface area contributed by atoms with Gasteiger partial charge >= 0.3 is 12.1 Å². The van der Waals surface area contributed by atoms with Crippen LogP contribution in [0.15, 0.2) is 66.7 Å². The number of alkyl carbamates (subject to hydrolysis) is 1. The van der Waals surface area contributed by atoms with Gasteiger partial charge in [0.25, 0.3) is 0 Å². The fraction of sp³-hybridized carbons (Fsp3) is 0.432. The number of aliphatic carboxylic acids is 1. The van der Waals surface area contributed by atoms with Crippen molar-refractivity contribution in [2.45, 2.75) is 95.5 Å². The molecule has 5 rings (SSSR count). The van der Waals surface area contributed by atoms with E-state index in [0.717, 1.165) is 16.7 Å². The Morgan fingerprint density at radius 2 is 1.82 bits per heavy atom. The van der Waals surface area contributed by atoms with E-state index in [1.165, 1.54) is 15.8 Å². The number of carboxylic acids is 1. The third-order valence-electron chi connectivity index (χ3n) is 8.87. The average Bonchev–Trinajstić information content (AvgIpc) is 3.75. The number of aromatic nitrogens is 4. The third kappa shape index (κ3) is 8.63. The second-order valence-electron chi connectivity index (χ2n) is 13.7. The molecule has 3 N–H and O–H groups in total. The van der Waals surface area contributed by atoms with Crippen molar-refractivity contribution in [1.82, 2.24) is 35.7 Å². The molecule has 2 aromatic carbocycles. The monoisotopic (exact) mass is 683 g/mol. The molecule has 4 atom stereocenters. The third-order valence-corrected chi connectivity index (χ3v) is 8.87. The first-order valence-electron chi connectivity index (χ1n) is 17.0. The van der Waals surface area contributed by atoms with E-state index in [1.807, 2.05) is 66.7 Å². The summed E-state index contributed by atoms with van der Waals surface area (Å²) in [5, 5.41) is 29.0. The van der Waals surface area contributed by atoms with Gasteiger partial charge in [-0.25, -0.2) is 9.59 Å². The number of carbonyl (C=O) groups excluding carboxylic acids is 3. The van der Waals surface area contributed by atoms with Crippen molar-refractivity contribution in [1.29, 1.82) is 0 Å². The highest BCUT2D eigenvalue weighted by Gasteiger charge is 2.46. The number of ether oxygens (including phenoxy) is 1. The molecule has 3 heterocycles. The fourth-order valence-electron chi connectivity index (χ4n) is 6.19. The van der Waals surface area contributed by atoms with Gasteiger partial charge in [0.15, 0.2) is 5.54 Å². The lowest BCUT2D eigenvalue weighted by Crippen LogP contribution is -2.59. The quantitative estimate of drug-likeness (QED) is 0.229. The minimum absolute atomic E-state index is 0.0385. The minimum atomic E-state index is -1.65. The van der Waals surface area contributed by atoms with Crippen LogP contribution in [0.25, 0.3) is 23.5 Å². The van der Waals surface area contributed by atoms with E-state index in [-0.39, 0.29) is 19.4 Å². The molecule has 2 aliphatic rings. The molecule has 50 heavy (non-hydrogen) atoms. The molecule has 3 aromatic rings. The van der Waals surface area contributed by atoms with Gasteiger partial charge in [-0.1, -0.05) is 92.2 Å². The number of nitrogens with one attached hydrogen (secondary N) is 2. The highest BCUT2D eigenvalue weighted by atomic mass is 16.6. The summed E-state index contributed by atoms with van der Waals surface area (Å²) in [6.45, 7) is 6.92. The molecule has 0 saturated carbocycles. The van der Waals surface area contributed by atoms with E-state index in [2.05, 4.69) is 26.0 Å². The van der Waals surface area contributed by atoms with E-state index >= 15 is 0 Å². The number of rotatable bonds is 7. The van der Waals surface area contributed by atoms with E-state index < -0.39 is 53.1 Å². The Morgan fingerprint density at radius 3 is 2.54 bits per heavy atom. The standard InChI is InChI=1S/C37H45N7O6/c1-5-37(34(47)48)22-14-7-6-11-19-29(38-35(49)50-36(2,3)4)33(46)43-24-27(23-30(43)32(45)39-37)44-41-31(40-42-44)28-18-13-12-17-26(28)21-20-25-15-9-8-10-16-25/h8-10,12-18,20-22,27,29-30H,5-7,11,19,23-24H2,1-4H3,(H,38,49)(H,39,45)(H,47,48)/b21-20+,22-14-/t27-,29+,30+,37-/m1/s1. The minimum Gasteiger partial charge on any atom is -0.479 e. The molecule has 1 saturated heterocycles. The Labute approximate surface area is 291 Å². The molecule has 1 fully saturated rings. The Bertz CT molecular complexity index is 1750. The largest absolute Gasteiger partial charge is 0.479 e. The lowest BCUT2D eigenvalue weighted by atomic mass is 9.94. The lowest BCUT2D eigenvalue weighted by Gasteiger charge is -2.32. The van der Waals surface area contributed by atoms with Gasteiger partial charge in [0.2, 0.25) is 17.6 Å². The molecular weight excluding hydrogens is 638 g/mol. The van der Waals surface area contributed by atoms with Crippen LogP contribution in [0.5, 0.6) is 0 Å². The number of allylic oxidation sites excluding steroid dienone is 1. The summed E-state index contributed by atoms with van der Waals surface area (Å²) < 4.78 is 5.46. The van der Waals surface area contributed by atoms with Crippen molar-refractivity contribution in [3.8, 4) is 11.4 Å². The van der Waals surface area contributed by atoms with E-state index in [1.54, 1.807) is 33.8 Å². The van der Waals surface area contributed by atoms with Crippen LogP contribution in [0.4, 0.5) is 4.79 Å². The number of hydrogen-bond acceptors (Lipinski definition) is 8. The zero-order valence-corrected chi connectivity index (χ0v) is 28.9. The molecule has 13 nitrogen and oxygen atoms in total. The number of carboxylic acid groups (broad SMARTS) is 1. The average molecular weight is 684 g/mol. The Kier molecular flexibility index (Phi) is 11.1. The maximum Gasteiger partial charge on any atom is 0.408 e.